The summed E-state index contributed by atoms with van der Waals surface area (Å²) in [5, 5.41) is 15.7. The molecule has 0 aliphatic rings. The van der Waals surface area contributed by atoms with Gasteiger partial charge in [-0.15, -0.1) is 0 Å². The number of para-hydroxylation sites is 1. The fraction of sp³-hybridized carbons (Fsp3) is 0.154. The van der Waals surface area contributed by atoms with E-state index in [0.29, 0.717) is 5.56 Å². The maximum absolute atomic E-state index is 11.7. The number of esters is 1. The van der Waals surface area contributed by atoms with Crippen molar-refractivity contribution >= 4 is 12.2 Å². The highest BCUT2D eigenvalue weighted by Crippen LogP contribution is 2.12. The summed E-state index contributed by atoms with van der Waals surface area (Å²) in [5.74, 6) is -0.549. The summed E-state index contributed by atoms with van der Waals surface area (Å²) < 4.78 is 6.44. The maximum Gasteiger partial charge on any atom is 0.359 e. The number of carbonyl (C=O) groups excluding carboxylic acids is 1. The molecule has 1 aromatic carbocycles. The molecule has 19 heavy (non-hydrogen) atoms. The molecule has 0 atom stereocenters. The van der Waals surface area contributed by atoms with Gasteiger partial charge in [0.05, 0.1) is 18.5 Å². The van der Waals surface area contributed by atoms with E-state index in [1.54, 1.807) is 13.1 Å². The Morgan fingerprint density at radius 1 is 1.47 bits per heavy atom. The van der Waals surface area contributed by atoms with Crippen molar-refractivity contribution in [1.82, 2.24) is 9.78 Å². The molecule has 0 spiro atoms. The van der Waals surface area contributed by atoms with E-state index in [9.17, 15) is 4.79 Å². The summed E-state index contributed by atoms with van der Waals surface area (Å²) in [5.41, 5.74) is 1.30. The van der Waals surface area contributed by atoms with Gasteiger partial charge in [0.1, 0.15) is 0 Å². The highest BCUT2D eigenvalue weighted by molar-refractivity contribution is 5.97. The zero-order valence-electron chi connectivity index (χ0n) is 10.4. The third-order valence-electron chi connectivity index (χ3n) is 2.43. The average Bonchev–Trinajstić information content (AvgIpc) is 2.85. The molecule has 1 heterocycles. The summed E-state index contributed by atoms with van der Waals surface area (Å²) in [7, 11) is 0. The number of hydrogen-bond acceptors (Lipinski definition) is 5. The molecule has 98 valence electrons. The molecule has 0 bridgehead atoms. The molecule has 0 saturated heterocycles. The Hall–Kier alpha value is -2.63. The van der Waals surface area contributed by atoms with E-state index in [1.807, 2.05) is 30.3 Å². The minimum absolute atomic E-state index is 0.114. The fourth-order valence-corrected chi connectivity index (χ4v) is 1.62. The molecule has 0 saturated carbocycles. The normalized spacial score (nSPS) is 10.8. The van der Waals surface area contributed by atoms with Gasteiger partial charge in [-0.25, -0.2) is 9.48 Å². The van der Waals surface area contributed by atoms with Crippen molar-refractivity contribution in [3.8, 4) is 5.69 Å². The first-order chi connectivity index (χ1) is 9.26. The van der Waals surface area contributed by atoms with Crippen molar-refractivity contribution in [3.05, 3.63) is 47.8 Å². The largest absolute Gasteiger partial charge is 0.461 e. The fourth-order valence-electron chi connectivity index (χ4n) is 1.62. The molecule has 0 fully saturated rings. The molecule has 6 heteroatoms. The zero-order valence-corrected chi connectivity index (χ0v) is 10.4. The van der Waals surface area contributed by atoms with Gasteiger partial charge in [0.2, 0.25) is 0 Å². The lowest BCUT2D eigenvalue weighted by molar-refractivity contribution is 0.0519. The number of ether oxygens (including phenoxy) is 1. The number of carbonyl (C=O) groups is 1. The molecular formula is C13H13N3O3. The van der Waals surface area contributed by atoms with E-state index in [1.165, 1.54) is 4.68 Å². The highest BCUT2D eigenvalue weighted by Gasteiger charge is 2.17. The Balaban J connectivity index is 2.43. The van der Waals surface area contributed by atoms with Gasteiger partial charge in [-0.2, -0.15) is 5.10 Å². The summed E-state index contributed by atoms with van der Waals surface area (Å²) in [6.45, 7) is 1.97. The topological polar surface area (TPSA) is 76.7 Å². The first kappa shape index (κ1) is 12.8. The molecule has 6 nitrogen and oxygen atoms in total. The van der Waals surface area contributed by atoms with Crippen LogP contribution in [0.25, 0.3) is 5.69 Å². The van der Waals surface area contributed by atoms with Gasteiger partial charge in [0.25, 0.3) is 0 Å². The van der Waals surface area contributed by atoms with Crippen LogP contribution in [-0.4, -0.2) is 33.8 Å². The van der Waals surface area contributed by atoms with Crippen LogP contribution in [0.5, 0.6) is 0 Å². The maximum atomic E-state index is 11.7. The molecule has 0 aliphatic carbocycles. The summed E-state index contributed by atoms with van der Waals surface area (Å²) in [6, 6.07) is 9.31. The molecule has 0 unspecified atom stereocenters. The van der Waals surface area contributed by atoms with Gasteiger partial charge in [0, 0.05) is 11.8 Å². The second-order valence-electron chi connectivity index (χ2n) is 3.68. The number of hydrogen-bond donors (Lipinski definition) is 1. The molecule has 2 rings (SSSR count). The van der Waals surface area contributed by atoms with Crippen molar-refractivity contribution in [2.75, 3.05) is 6.61 Å². The van der Waals surface area contributed by atoms with Gasteiger partial charge in [-0.3, -0.25) is 0 Å². The lowest BCUT2D eigenvalue weighted by Crippen LogP contribution is -2.08. The van der Waals surface area contributed by atoms with Crippen LogP contribution in [0.2, 0.25) is 0 Å². The summed E-state index contributed by atoms with van der Waals surface area (Å²) in [6.07, 6.45) is 2.75. The van der Waals surface area contributed by atoms with Crippen LogP contribution in [0.4, 0.5) is 0 Å². The van der Waals surface area contributed by atoms with Gasteiger partial charge in [0.15, 0.2) is 5.69 Å². The van der Waals surface area contributed by atoms with Crippen LogP contribution < -0.4 is 0 Å². The van der Waals surface area contributed by atoms with E-state index >= 15 is 0 Å². The van der Waals surface area contributed by atoms with Crippen molar-refractivity contribution in [2.24, 2.45) is 5.16 Å². The monoisotopic (exact) mass is 259 g/mol. The molecule has 0 aliphatic heterocycles. The third kappa shape index (κ3) is 2.79. The van der Waals surface area contributed by atoms with E-state index in [0.717, 1.165) is 11.9 Å². The Bertz CT molecular complexity index is 590. The van der Waals surface area contributed by atoms with Crippen molar-refractivity contribution in [2.45, 2.75) is 6.92 Å². The number of oxime groups is 1. The van der Waals surface area contributed by atoms with E-state index in [2.05, 4.69) is 10.3 Å². The molecule has 0 amide bonds. The van der Waals surface area contributed by atoms with Crippen molar-refractivity contribution in [1.29, 1.82) is 0 Å². The highest BCUT2D eigenvalue weighted by atomic mass is 16.5. The predicted octanol–water partition coefficient (Wildman–Crippen LogP) is 1.86. The smallest absolute Gasteiger partial charge is 0.359 e. The standard InChI is InChI=1S/C13H13N3O3/c1-2-19-13(17)12-10(8-14-18)9-16(15-12)11-6-4-3-5-7-11/h3-9,18H,2H2,1H3/b14-8+. The van der Waals surface area contributed by atoms with Crippen LogP contribution in [0.3, 0.4) is 0 Å². The van der Waals surface area contributed by atoms with Crippen LogP contribution >= 0.6 is 0 Å². The van der Waals surface area contributed by atoms with Crippen LogP contribution in [0, 0.1) is 0 Å². The zero-order chi connectivity index (χ0) is 13.7. The van der Waals surface area contributed by atoms with Crippen molar-refractivity contribution in [3.63, 3.8) is 0 Å². The molecule has 1 aromatic heterocycles. The number of aromatic nitrogens is 2. The van der Waals surface area contributed by atoms with Gasteiger partial charge in [-0.1, -0.05) is 23.4 Å². The minimum Gasteiger partial charge on any atom is -0.461 e. The molecule has 0 radical (unpaired) electrons. The minimum atomic E-state index is -0.549. The quantitative estimate of drug-likeness (QED) is 0.393. The van der Waals surface area contributed by atoms with Crippen LogP contribution in [-0.2, 0) is 4.74 Å². The Labute approximate surface area is 109 Å². The van der Waals surface area contributed by atoms with Crippen LogP contribution in [0.1, 0.15) is 23.0 Å². The summed E-state index contributed by atoms with van der Waals surface area (Å²) >= 11 is 0. The molecule has 1 N–H and O–H groups in total. The second-order valence-corrected chi connectivity index (χ2v) is 3.68. The Morgan fingerprint density at radius 2 is 2.21 bits per heavy atom. The van der Waals surface area contributed by atoms with Gasteiger partial charge in [-0.05, 0) is 19.1 Å². The van der Waals surface area contributed by atoms with Crippen molar-refractivity contribution < 1.29 is 14.7 Å². The van der Waals surface area contributed by atoms with Crippen LogP contribution in [0.15, 0.2) is 41.7 Å². The number of nitrogens with zero attached hydrogens (tertiary/aromatic N) is 3. The third-order valence-corrected chi connectivity index (χ3v) is 2.43. The summed E-state index contributed by atoms with van der Waals surface area (Å²) in [4.78, 5) is 11.7. The van der Waals surface area contributed by atoms with E-state index < -0.39 is 5.97 Å². The molecule has 2 aromatic rings. The first-order valence-electron chi connectivity index (χ1n) is 5.76. The lowest BCUT2D eigenvalue weighted by Gasteiger charge is -2.00. The molecular weight excluding hydrogens is 246 g/mol. The van der Waals surface area contributed by atoms with E-state index in [4.69, 9.17) is 9.94 Å². The Kier molecular flexibility index (Phi) is 3.92. The Morgan fingerprint density at radius 3 is 2.84 bits per heavy atom. The van der Waals surface area contributed by atoms with Gasteiger partial charge >= 0.3 is 5.97 Å². The number of benzene rings is 1. The lowest BCUT2D eigenvalue weighted by atomic mass is 10.2. The van der Waals surface area contributed by atoms with E-state index in [-0.39, 0.29) is 12.3 Å². The average molecular weight is 259 g/mol. The number of rotatable bonds is 4. The predicted molar refractivity (Wildman–Crippen MR) is 68.9 cm³/mol. The first-order valence-corrected chi connectivity index (χ1v) is 5.76. The van der Waals surface area contributed by atoms with Gasteiger partial charge < -0.3 is 9.94 Å². The second kappa shape index (κ2) is 5.81. The SMILES string of the molecule is CCOC(=O)c1nn(-c2ccccc2)cc1/C=N/O.